The molecule has 168 valence electrons. The zero-order chi connectivity index (χ0) is 22.9. The number of nitrogens with one attached hydrogen (secondary N) is 2. The van der Waals surface area contributed by atoms with Crippen molar-refractivity contribution in [1.82, 2.24) is 15.7 Å². The van der Waals surface area contributed by atoms with E-state index in [-0.39, 0.29) is 0 Å². The Morgan fingerprint density at radius 2 is 1.62 bits per heavy atom. The van der Waals surface area contributed by atoms with Crippen LogP contribution in [0.4, 0.5) is 0 Å². The topological polar surface area (TPSA) is 117 Å². The van der Waals surface area contributed by atoms with Crippen LogP contribution in [0.1, 0.15) is 34.0 Å². The molecule has 0 spiro atoms. The smallest absolute Gasteiger partial charge is 0.267 e. The molecule has 2 aromatic rings. The molecule has 2 amide bonds. The molecular formula is C24H28N4O4. The van der Waals surface area contributed by atoms with E-state index in [0.29, 0.717) is 5.56 Å². The first-order chi connectivity index (χ1) is 15.5. The molecular weight excluding hydrogens is 408 g/mol. The number of amides is 2. The van der Waals surface area contributed by atoms with Crippen LogP contribution in [0.15, 0.2) is 48.5 Å². The summed E-state index contributed by atoms with van der Waals surface area (Å²) in [7, 11) is 0. The fraction of sp³-hybridized carbons (Fsp3) is 0.333. The van der Waals surface area contributed by atoms with Gasteiger partial charge in [-0.2, -0.15) is 0 Å². The van der Waals surface area contributed by atoms with Gasteiger partial charge in [0.05, 0.1) is 13.2 Å². The van der Waals surface area contributed by atoms with Gasteiger partial charge in [-0.15, -0.1) is 0 Å². The minimum Gasteiger partial charge on any atom is -0.379 e. The van der Waals surface area contributed by atoms with Crippen molar-refractivity contribution in [2.45, 2.75) is 25.6 Å². The maximum absolute atomic E-state index is 12.4. The van der Waals surface area contributed by atoms with Gasteiger partial charge < -0.3 is 15.8 Å². The van der Waals surface area contributed by atoms with Gasteiger partial charge in [-0.1, -0.05) is 24.0 Å². The van der Waals surface area contributed by atoms with Crippen molar-refractivity contribution in [2.75, 3.05) is 26.3 Å². The van der Waals surface area contributed by atoms with Gasteiger partial charge in [-0.25, -0.2) is 5.48 Å². The first kappa shape index (κ1) is 23.4. The fourth-order valence-corrected chi connectivity index (χ4v) is 3.29. The van der Waals surface area contributed by atoms with Gasteiger partial charge in [0.1, 0.15) is 6.04 Å². The molecule has 1 fully saturated rings. The van der Waals surface area contributed by atoms with Crippen molar-refractivity contribution < 1.29 is 19.5 Å². The number of ether oxygens (including phenoxy) is 1. The summed E-state index contributed by atoms with van der Waals surface area (Å²) in [5, 5.41) is 11.3. The second-order valence-corrected chi connectivity index (χ2v) is 7.70. The summed E-state index contributed by atoms with van der Waals surface area (Å²) >= 11 is 0. The molecule has 1 aliphatic rings. The van der Waals surface area contributed by atoms with Gasteiger partial charge in [0, 0.05) is 42.4 Å². The Hall–Kier alpha value is -3.22. The maximum Gasteiger partial charge on any atom is 0.267 e. The van der Waals surface area contributed by atoms with E-state index >= 15 is 0 Å². The Kier molecular flexibility index (Phi) is 8.36. The first-order valence-corrected chi connectivity index (χ1v) is 10.5. The molecule has 1 aliphatic heterocycles. The second kappa shape index (κ2) is 11.4. The van der Waals surface area contributed by atoms with Crippen LogP contribution in [0, 0.1) is 11.8 Å². The van der Waals surface area contributed by atoms with Crippen LogP contribution in [0.25, 0.3) is 0 Å². The molecule has 0 saturated carbocycles. The minimum absolute atomic E-state index is 0.361. The highest BCUT2D eigenvalue weighted by molar-refractivity contribution is 5.97. The van der Waals surface area contributed by atoms with Crippen LogP contribution in [0.3, 0.4) is 0 Å². The number of rotatable bonds is 6. The second-order valence-electron chi connectivity index (χ2n) is 7.70. The SMILES string of the molecule is C[C@H](N)[C@@H](NC(=O)c1ccc(C#Cc2ccc(CN3CCOCC3)cc2)cc1)C(=O)NO. The summed E-state index contributed by atoms with van der Waals surface area (Å²) in [6.45, 7) is 5.95. The first-order valence-electron chi connectivity index (χ1n) is 10.5. The Labute approximate surface area is 187 Å². The summed E-state index contributed by atoms with van der Waals surface area (Å²) in [6, 6.07) is 13.2. The highest BCUT2D eigenvalue weighted by Gasteiger charge is 2.24. The molecule has 32 heavy (non-hydrogen) atoms. The van der Waals surface area contributed by atoms with Crippen LogP contribution in [-0.2, 0) is 16.1 Å². The van der Waals surface area contributed by atoms with Crippen molar-refractivity contribution in [3.8, 4) is 11.8 Å². The summed E-state index contributed by atoms with van der Waals surface area (Å²) in [4.78, 5) is 26.4. The van der Waals surface area contributed by atoms with Crippen molar-refractivity contribution in [2.24, 2.45) is 5.73 Å². The number of hydrogen-bond acceptors (Lipinski definition) is 6. The van der Waals surface area contributed by atoms with Crippen LogP contribution >= 0.6 is 0 Å². The average molecular weight is 437 g/mol. The Balaban J connectivity index is 1.58. The van der Waals surface area contributed by atoms with Crippen LogP contribution < -0.4 is 16.5 Å². The van der Waals surface area contributed by atoms with E-state index < -0.39 is 23.9 Å². The van der Waals surface area contributed by atoms with E-state index in [4.69, 9.17) is 15.7 Å². The molecule has 2 aromatic carbocycles. The number of nitrogens with two attached hydrogens (primary N) is 1. The number of hydrogen-bond donors (Lipinski definition) is 4. The van der Waals surface area contributed by atoms with E-state index in [2.05, 4.69) is 34.2 Å². The maximum atomic E-state index is 12.4. The highest BCUT2D eigenvalue weighted by atomic mass is 16.5. The monoisotopic (exact) mass is 436 g/mol. The minimum atomic E-state index is -1.04. The quantitative estimate of drug-likeness (QED) is 0.303. The highest BCUT2D eigenvalue weighted by Crippen LogP contribution is 2.09. The molecule has 0 bridgehead atoms. The molecule has 0 aromatic heterocycles. The molecule has 1 saturated heterocycles. The van der Waals surface area contributed by atoms with Crippen LogP contribution in [-0.4, -0.2) is 60.3 Å². The number of nitrogens with zero attached hydrogens (tertiary/aromatic N) is 1. The predicted molar refractivity (Wildman–Crippen MR) is 120 cm³/mol. The van der Waals surface area contributed by atoms with Crippen molar-refractivity contribution in [3.63, 3.8) is 0 Å². The van der Waals surface area contributed by atoms with Crippen molar-refractivity contribution in [3.05, 3.63) is 70.8 Å². The van der Waals surface area contributed by atoms with Gasteiger partial charge in [0.15, 0.2) is 0 Å². The lowest BCUT2D eigenvalue weighted by atomic mass is 10.1. The number of hydroxylamine groups is 1. The van der Waals surface area contributed by atoms with Crippen molar-refractivity contribution >= 4 is 11.8 Å². The summed E-state index contributed by atoms with van der Waals surface area (Å²) < 4.78 is 5.38. The number of morpholine rings is 1. The summed E-state index contributed by atoms with van der Waals surface area (Å²) in [5.74, 6) is 4.98. The van der Waals surface area contributed by atoms with Crippen molar-refractivity contribution in [1.29, 1.82) is 0 Å². The third-order valence-corrected chi connectivity index (χ3v) is 5.17. The van der Waals surface area contributed by atoms with E-state index in [1.54, 1.807) is 31.2 Å². The van der Waals surface area contributed by atoms with E-state index in [1.807, 2.05) is 12.1 Å². The van der Waals surface area contributed by atoms with Gasteiger partial charge in [-0.3, -0.25) is 19.7 Å². The molecule has 2 atom stereocenters. The van der Waals surface area contributed by atoms with Gasteiger partial charge in [-0.05, 0) is 48.9 Å². The number of benzene rings is 2. The molecule has 8 nitrogen and oxygen atoms in total. The molecule has 0 unspecified atom stereocenters. The van der Waals surface area contributed by atoms with Crippen LogP contribution in [0.5, 0.6) is 0 Å². The molecule has 3 rings (SSSR count). The fourth-order valence-electron chi connectivity index (χ4n) is 3.29. The number of carbonyl (C=O) groups excluding carboxylic acids is 2. The van der Waals surface area contributed by atoms with E-state index in [9.17, 15) is 9.59 Å². The lowest BCUT2D eigenvalue weighted by Gasteiger charge is -2.26. The Morgan fingerprint density at radius 1 is 1.06 bits per heavy atom. The summed E-state index contributed by atoms with van der Waals surface area (Å²) in [6.07, 6.45) is 0. The molecule has 1 heterocycles. The third-order valence-electron chi connectivity index (χ3n) is 5.17. The molecule has 0 radical (unpaired) electrons. The molecule has 8 heteroatoms. The Bertz CT molecular complexity index is 972. The lowest BCUT2D eigenvalue weighted by Crippen LogP contribution is -2.54. The third kappa shape index (κ3) is 6.64. The normalized spacial score (nSPS) is 15.7. The van der Waals surface area contributed by atoms with E-state index in [1.165, 1.54) is 11.0 Å². The lowest BCUT2D eigenvalue weighted by molar-refractivity contribution is -0.131. The molecule has 5 N–H and O–H groups in total. The zero-order valence-corrected chi connectivity index (χ0v) is 18.0. The van der Waals surface area contributed by atoms with E-state index in [0.717, 1.165) is 44.0 Å². The number of carbonyl (C=O) groups is 2. The van der Waals surface area contributed by atoms with Gasteiger partial charge in [0.2, 0.25) is 0 Å². The van der Waals surface area contributed by atoms with Gasteiger partial charge in [0.25, 0.3) is 11.8 Å². The zero-order valence-electron chi connectivity index (χ0n) is 18.0. The average Bonchev–Trinajstić information content (AvgIpc) is 2.82. The standard InChI is InChI=1S/C24H28N4O4/c1-17(25)22(24(30)27-31)26-23(29)21-10-8-19(9-11-21)3-2-18-4-6-20(7-5-18)16-28-12-14-32-15-13-28/h4-11,17,22,31H,12-16,25H2,1H3,(H,26,29)(H,27,30)/t17-,22+/m0/s1. The van der Waals surface area contributed by atoms with Crippen LogP contribution in [0.2, 0.25) is 0 Å². The Morgan fingerprint density at radius 3 is 2.16 bits per heavy atom. The largest absolute Gasteiger partial charge is 0.379 e. The van der Waals surface area contributed by atoms with Gasteiger partial charge >= 0.3 is 0 Å². The molecule has 0 aliphatic carbocycles. The predicted octanol–water partition coefficient (Wildman–Crippen LogP) is 0.870. The summed E-state index contributed by atoms with van der Waals surface area (Å²) in [5.41, 5.74) is 10.5.